The van der Waals surface area contributed by atoms with Gasteiger partial charge in [0.2, 0.25) is 5.95 Å². The maximum absolute atomic E-state index is 11.1. The summed E-state index contributed by atoms with van der Waals surface area (Å²) in [5, 5.41) is 11.6. The summed E-state index contributed by atoms with van der Waals surface area (Å²) in [6, 6.07) is 0. The molecule has 0 aliphatic heterocycles. The van der Waals surface area contributed by atoms with Crippen molar-refractivity contribution in [2.24, 2.45) is 0 Å². The number of hydrogen-bond donors (Lipinski definition) is 3. The molecule has 1 aromatic heterocycles. The largest absolute Gasteiger partial charge is 0.381 e. The van der Waals surface area contributed by atoms with E-state index in [1.54, 1.807) is 6.20 Å². The Kier molecular flexibility index (Phi) is 2.14. The van der Waals surface area contributed by atoms with Crippen molar-refractivity contribution in [3.63, 3.8) is 0 Å². The fraction of sp³-hybridized carbons (Fsp3) is 0.429. The predicted molar refractivity (Wildman–Crippen MR) is 43.5 cm³/mol. The van der Waals surface area contributed by atoms with Crippen molar-refractivity contribution < 1.29 is 9.90 Å². The fourth-order valence-electron chi connectivity index (χ4n) is 0.594. The van der Waals surface area contributed by atoms with Gasteiger partial charge in [0.25, 0.3) is 5.91 Å². The van der Waals surface area contributed by atoms with Gasteiger partial charge in [0.05, 0.1) is 0 Å². The van der Waals surface area contributed by atoms with E-state index in [4.69, 9.17) is 0 Å². The zero-order chi connectivity index (χ0) is 9.19. The number of nitrogens with one attached hydrogen (secondary N) is 2. The van der Waals surface area contributed by atoms with Gasteiger partial charge in [0.15, 0.2) is 0 Å². The zero-order valence-corrected chi connectivity index (χ0v) is 6.96. The van der Waals surface area contributed by atoms with E-state index in [0.717, 1.165) is 0 Å². The van der Waals surface area contributed by atoms with Crippen LogP contribution in [0.3, 0.4) is 0 Å². The van der Waals surface area contributed by atoms with Crippen LogP contribution in [0.25, 0.3) is 0 Å². The SMILES string of the molecule is CC(C)(O)C(=O)Nc1ncc[nH]1. The van der Waals surface area contributed by atoms with Gasteiger partial charge in [-0.25, -0.2) is 4.98 Å². The standard InChI is InChI=1S/C7H11N3O2/c1-7(2,12)5(11)10-6-8-3-4-9-6/h3-4,12H,1-2H3,(H2,8,9,10,11). The van der Waals surface area contributed by atoms with E-state index in [1.165, 1.54) is 20.0 Å². The van der Waals surface area contributed by atoms with Gasteiger partial charge in [-0.3, -0.25) is 10.1 Å². The Labute approximate surface area is 69.8 Å². The third-order valence-corrected chi connectivity index (χ3v) is 1.29. The molecular formula is C7H11N3O2. The summed E-state index contributed by atoms with van der Waals surface area (Å²) < 4.78 is 0. The Balaban J connectivity index is 2.60. The fourth-order valence-corrected chi connectivity index (χ4v) is 0.594. The van der Waals surface area contributed by atoms with Gasteiger partial charge in [-0.2, -0.15) is 0 Å². The molecule has 0 aliphatic carbocycles. The molecule has 5 nitrogen and oxygen atoms in total. The molecule has 0 saturated heterocycles. The molecule has 1 heterocycles. The quantitative estimate of drug-likeness (QED) is 0.588. The normalized spacial score (nSPS) is 11.2. The number of aromatic amines is 1. The maximum Gasteiger partial charge on any atom is 0.258 e. The van der Waals surface area contributed by atoms with Gasteiger partial charge >= 0.3 is 0 Å². The minimum Gasteiger partial charge on any atom is -0.381 e. The lowest BCUT2D eigenvalue weighted by Crippen LogP contribution is -2.36. The minimum absolute atomic E-state index is 0.335. The van der Waals surface area contributed by atoms with Crippen molar-refractivity contribution in [1.29, 1.82) is 0 Å². The molecule has 0 aliphatic rings. The highest BCUT2D eigenvalue weighted by atomic mass is 16.3. The van der Waals surface area contributed by atoms with Crippen molar-refractivity contribution in [3.8, 4) is 0 Å². The summed E-state index contributed by atoms with van der Waals surface area (Å²) in [7, 11) is 0. The van der Waals surface area contributed by atoms with Gasteiger partial charge in [-0.15, -0.1) is 0 Å². The number of anilines is 1. The summed E-state index contributed by atoms with van der Waals surface area (Å²) in [4.78, 5) is 17.6. The number of rotatable bonds is 2. The summed E-state index contributed by atoms with van der Waals surface area (Å²) in [6.07, 6.45) is 3.10. The second-order valence-electron chi connectivity index (χ2n) is 2.95. The van der Waals surface area contributed by atoms with Crippen LogP contribution in [0.15, 0.2) is 12.4 Å². The summed E-state index contributed by atoms with van der Waals surface area (Å²) in [5.41, 5.74) is -1.38. The number of amides is 1. The number of carbonyl (C=O) groups excluding carboxylic acids is 1. The third kappa shape index (κ3) is 2.06. The molecule has 0 bridgehead atoms. The molecule has 1 rings (SSSR count). The van der Waals surface area contributed by atoms with Crippen LogP contribution >= 0.6 is 0 Å². The first-order valence-electron chi connectivity index (χ1n) is 3.53. The van der Waals surface area contributed by atoms with Gasteiger partial charge < -0.3 is 10.1 Å². The monoisotopic (exact) mass is 169 g/mol. The van der Waals surface area contributed by atoms with Crippen molar-refractivity contribution in [2.75, 3.05) is 5.32 Å². The molecule has 0 unspecified atom stereocenters. The predicted octanol–water partition coefficient (Wildman–Crippen LogP) is 0.119. The Morgan fingerprint density at radius 3 is 2.83 bits per heavy atom. The van der Waals surface area contributed by atoms with E-state index in [9.17, 15) is 9.90 Å². The molecule has 12 heavy (non-hydrogen) atoms. The molecule has 0 fully saturated rings. The molecule has 0 saturated carbocycles. The van der Waals surface area contributed by atoms with Crippen molar-refractivity contribution in [3.05, 3.63) is 12.4 Å². The number of H-pyrrole nitrogens is 1. The van der Waals surface area contributed by atoms with Crippen LogP contribution in [-0.4, -0.2) is 26.6 Å². The lowest BCUT2D eigenvalue weighted by molar-refractivity contribution is -0.130. The van der Waals surface area contributed by atoms with Crippen LogP contribution in [0.2, 0.25) is 0 Å². The van der Waals surface area contributed by atoms with Crippen LogP contribution in [0.1, 0.15) is 13.8 Å². The highest BCUT2D eigenvalue weighted by Gasteiger charge is 2.23. The van der Waals surface area contributed by atoms with E-state index in [0.29, 0.717) is 5.95 Å². The van der Waals surface area contributed by atoms with Gasteiger partial charge in [0, 0.05) is 12.4 Å². The number of carbonyl (C=O) groups is 1. The zero-order valence-electron chi connectivity index (χ0n) is 6.96. The number of aromatic nitrogens is 2. The third-order valence-electron chi connectivity index (χ3n) is 1.29. The molecule has 66 valence electrons. The van der Waals surface area contributed by atoms with Crippen LogP contribution in [0.5, 0.6) is 0 Å². The van der Waals surface area contributed by atoms with Gasteiger partial charge in [0.1, 0.15) is 5.60 Å². The van der Waals surface area contributed by atoms with Crippen LogP contribution in [0.4, 0.5) is 5.95 Å². The Hall–Kier alpha value is -1.36. The molecule has 0 spiro atoms. The summed E-state index contributed by atoms with van der Waals surface area (Å²) in [5.74, 6) is -0.153. The molecule has 5 heteroatoms. The first kappa shape index (κ1) is 8.73. The van der Waals surface area contributed by atoms with E-state index in [-0.39, 0.29) is 0 Å². The minimum atomic E-state index is -1.38. The lowest BCUT2D eigenvalue weighted by Gasteiger charge is -2.14. The molecule has 0 atom stereocenters. The summed E-state index contributed by atoms with van der Waals surface area (Å²) >= 11 is 0. The highest BCUT2D eigenvalue weighted by molar-refractivity contribution is 5.95. The average Bonchev–Trinajstić information content (AvgIpc) is 2.37. The molecule has 0 aromatic carbocycles. The number of aliphatic hydroxyl groups is 1. The number of imidazole rings is 1. The van der Waals surface area contributed by atoms with E-state index in [1.807, 2.05) is 0 Å². The summed E-state index contributed by atoms with van der Waals surface area (Å²) in [6.45, 7) is 2.82. The van der Waals surface area contributed by atoms with E-state index >= 15 is 0 Å². The van der Waals surface area contributed by atoms with Crippen LogP contribution in [-0.2, 0) is 4.79 Å². The van der Waals surface area contributed by atoms with Crippen LogP contribution in [0, 0.1) is 0 Å². The second-order valence-corrected chi connectivity index (χ2v) is 2.95. The first-order chi connectivity index (χ1) is 5.50. The van der Waals surface area contributed by atoms with E-state index in [2.05, 4.69) is 15.3 Å². The highest BCUT2D eigenvalue weighted by Crippen LogP contribution is 2.04. The molecule has 1 aromatic rings. The topological polar surface area (TPSA) is 78.0 Å². The number of hydrogen-bond acceptors (Lipinski definition) is 3. The molecule has 3 N–H and O–H groups in total. The van der Waals surface area contributed by atoms with E-state index < -0.39 is 11.5 Å². The molecule has 1 amide bonds. The van der Waals surface area contributed by atoms with Gasteiger partial charge in [-0.1, -0.05) is 0 Å². The average molecular weight is 169 g/mol. The second kappa shape index (κ2) is 2.94. The lowest BCUT2D eigenvalue weighted by atomic mass is 10.1. The smallest absolute Gasteiger partial charge is 0.258 e. The molecular weight excluding hydrogens is 158 g/mol. The maximum atomic E-state index is 11.1. The number of nitrogens with zero attached hydrogens (tertiary/aromatic N) is 1. The first-order valence-corrected chi connectivity index (χ1v) is 3.53. The Bertz CT molecular complexity index is 261. The Morgan fingerprint density at radius 2 is 2.42 bits per heavy atom. The Morgan fingerprint density at radius 1 is 1.75 bits per heavy atom. The van der Waals surface area contributed by atoms with Crippen molar-refractivity contribution in [1.82, 2.24) is 9.97 Å². The van der Waals surface area contributed by atoms with Crippen molar-refractivity contribution >= 4 is 11.9 Å². The molecule has 0 radical (unpaired) electrons. The van der Waals surface area contributed by atoms with Gasteiger partial charge in [-0.05, 0) is 13.8 Å². The van der Waals surface area contributed by atoms with Crippen LogP contribution < -0.4 is 5.32 Å². The van der Waals surface area contributed by atoms with Crippen molar-refractivity contribution in [2.45, 2.75) is 19.4 Å².